The van der Waals surface area contributed by atoms with Gasteiger partial charge >= 0.3 is 0 Å². The maximum atomic E-state index is 14.1. The molecule has 2 aromatic rings. The zero-order valence-corrected chi connectivity index (χ0v) is 13.3. The van der Waals surface area contributed by atoms with Crippen LogP contribution in [0.3, 0.4) is 0 Å². The van der Waals surface area contributed by atoms with Crippen molar-refractivity contribution in [3.05, 3.63) is 70.8 Å². The largest absolute Gasteiger partial charge is 0.391 e. The molecule has 0 saturated carbocycles. The van der Waals surface area contributed by atoms with Crippen molar-refractivity contribution in [2.24, 2.45) is 0 Å². The van der Waals surface area contributed by atoms with E-state index < -0.39 is 23.8 Å². The predicted octanol–water partition coefficient (Wildman–Crippen LogP) is 2.98. The number of benzene rings is 2. The van der Waals surface area contributed by atoms with Crippen molar-refractivity contribution in [2.75, 3.05) is 6.54 Å². The van der Waals surface area contributed by atoms with Gasteiger partial charge in [0.05, 0.1) is 24.6 Å². The Morgan fingerprint density at radius 1 is 1.28 bits per heavy atom. The summed E-state index contributed by atoms with van der Waals surface area (Å²) in [5.74, 6) is -1.59. The topological polar surface area (TPSA) is 64.3 Å². The minimum absolute atomic E-state index is 0.0436. The number of β-amino-alcohol motifs (C(OH)–C–C–N with tert-alkyl or cyclic N) is 1. The molecular weight excluding hydrogens is 326 g/mol. The van der Waals surface area contributed by atoms with Crippen molar-refractivity contribution in [2.45, 2.75) is 25.0 Å². The van der Waals surface area contributed by atoms with Crippen LogP contribution in [0.15, 0.2) is 42.5 Å². The molecule has 1 saturated heterocycles. The third-order valence-electron chi connectivity index (χ3n) is 4.31. The van der Waals surface area contributed by atoms with Crippen LogP contribution in [0.4, 0.5) is 8.78 Å². The van der Waals surface area contributed by atoms with E-state index in [1.165, 1.54) is 4.90 Å². The number of halogens is 2. The summed E-state index contributed by atoms with van der Waals surface area (Å²) in [5, 5.41) is 18.8. The van der Waals surface area contributed by atoms with E-state index in [1.807, 2.05) is 6.07 Å². The second kappa shape index (κ2) is 6.99. The molecule has 1 fully saturated rings. The average molecular weight is 342 g/mol. The van der Waals surface area contributed by atoms with E-state index in [0.717, 1.165) is 18.2 Å². The van der Waals surface area contributed by atoms with Crippen LogP contribution in [0, 0.1) is 23.0 Å². The van der Waals surface area contributed by atoms with Crippen molar-refractivity contribution >= 4 is 5.91 Å². The second-order valence-corrected chi connectivity index (χ2v) is 6.06. The Kier molecular flexibility index (Phi) is 4.77. The number of carbonyl (C=O) groups is 1. The van der Waals surface area contributed by atoms with Gasteiger partial charge in [0.15, 0.2) is 0 Å². The Labute approximate surface area is 143 Å². The summed E-state index contributed by atoms with van der Waals surface area (Å²) in [6.07, 6.45) is -0.491. The molecule has 2 atom stereocenters. The summed E-state index contributed by atoms with van der Waals surface area (Å²) in [5.41, 5.74) is 1.10. The van der Waals surface area contributed by atoms with Gasteiger partial charge in [-0.05, 0) is 42.3 Å². The fraction of sp³-hybridized carbons (Fsp3) is 0.263. The number of carbonyl (C=O) groups excluding carboxylic acids is 1. The fourth-order valence-corrected chi connectivity index (χ4v) is 3.17. The van der Waals surface area contributed by atoms with Gasteiger partial charge in [0.2, 0.25) is 0 Å². The molecule has 128 valence electrons. The lowest BCUT2D eigenvalue weighted by molar-refractivity contribution is 0.0713. The van der Waals surface area contributed by atoms with Gasteiger partial charge in [-0.3, -0.25) is 4.79 Å². The van der Waals surface area contributed by atoms with Crippen molar-refractivity contribution in [1.82, 2.24) is 4.90 Å². The highest BCUT2D eigenvalue weighted by Gasteiger charge is 2.37. The van der Waals surface area contributed by atoms with E-state index in [9.17, 15) is 18.7 Å². The smallest absolute Gasteiger partial charge is 0.254 e. The highest BCUT2D eigenvalue weighted by Crippen LogP contribution is 2.35. The Balaban J connectivity index is 1.94. The third-order valence-corrected chi connectivity index (χ3v) is 4.31. The van der Waals surface area contributed by atoms with E-state index in [2.05, 4.69) is 0 Å². The lowest BCUT2D eigenvalue weighted by Crippen LogP contribution is -2.32. The molecule has 1 N–H and O–H groups in total. The van der Waals surface area contributed by atoms with Crippen LogP contribution >= 0.6 is 0 Å². The number of nitrogens with zero attached hydrogens (tertiary/aromatic N) is 2. The number of aliphatic hydroxyl groups excluding tert-OH is 1. The molecule has 0 bridgehead atoms. The molecule has 0 aliphatic carbocycles. The molecule has 1 aliphatic heterocycles. The normalized spacial score (nSPS) is 19.7. The first-order valence-corrected chi connectivity index (χ1v) is 7.89. The molecule has 3 rings (SSSR count). The van der Waals surface area contributed by atoms with Gasteiger partial charge in [0, 0.05) is 17.7 Å². The number of hydrogen-bond acceptors (Lipinski definition) is 3. The molecule has 2 aromatic carbocycles. The lowest BCUT2D eigenvalue weighted by Gasteiger charge is -2.25. The van der Waals surface area contributed by atoms with E-state index >= 15 is 0 Å². The van der Waals surface area contributed by atoms with Gasteiger partial charge < -0.3 is 10.0 Å². The zero-order chi connectivity index (χ0) is 18.0. The second-order valence-electron chi connectivity index (χ2n) is 6.06. The van der Waals surface area contributed by atoms with Crippen molar-refractivity contribution in [3.63, 3.8) is 0 Å². The number of amides is 1. The Morgan fingerprint density at radius 2 is 2.08 bits per heavy atom. The van der Waals surface area contributed by atoms with E-state index in [4.69, 9.17) is 5.26 Å². The van der Waals surface area contributed by atoms with Gasteiger partial charge in [-0.1, -0.05) is 12.1 Å². The minimum atomic E-state index is -0.807. The minimum Gasteiger partial charge on any atom is -0.391 e. The quantitative estimate of drug-likeness (QED) is 0.933. The fourth-order valence-electron chi connectivity index (χ4n) is 3.17. The molecule has 0 spiro atoms. The molecule has 0 unspecified atom stereocenters. The summed E-state index contributed by atoms with van der Waals surface area (Å²) < 4.78 is 27.7. The van der Waals surface area contributed by atoms with Crippen molar-refractivity contribution in [1.29, 1.82) is 5.26 Å². The summed E-state index contributed by atoms with van der Waals surface area (Å²) in [7, 11) is 0. The van der Waals surface area contributed by atoms with Gasteiger partial charge in [0.1, 0.15) is 11.6 Å². The van der Waals surface area contributed by atoms with Gasteiger partial charge in [-0.2, -0.15) is 5.26 Å². The number of rotatable bonds is 3. The van der Waals surface area contributed by atoms with Crippen LogP contribution in [-0.4, -0.2) is 28.6 Å². The Morgan fingerprint density at radius 3 is 2.84 bits per heavy atom. The summed E-state index contributed by atoms with van der Waals surface area (Å²) in [4.78, 5) is 14.2. The van der Waals surface area contributed by atoms with Gasteiger partial charge in [-0.25, -0.2) is 8.78 Å². The van der Waals surface area contributed by atoms with Gasteiger partial charge in [-0.15, -0.1) is 0 Å². The van der Waals surface area contributed by atoms with Crippen molar-refractivity contribution < 1.29 is 18.7 Å². The molecule has 0 aromatic heterocycles. The molecule has 4 nitrogen and oxygen atoms in total. The standard InChI is InChI=1S/C19H16F2N2O2/c20-14-4-5-17(21)16(9-14)18-10-15(24)11-23(18)19(25)13-3-1-2-12(8-13)6-7-22/h1-5,8-9,15,18,24H,6,10-11H2/t15-,18-/m1/s1. The SMILES string of the molecule is N#CCc1cccc(C(=O)N2C[C@H](O)C[C@@H]2c2cc(F)ccc2F)c1. The van der Waals surface area contributed by atoms with E-state index in [0.29, 0.717) is 11.1 Å². The van der Waals surface area contributed by atoms with Crippen LogP contribution in [0.2, 0.25) is 0 Å². The number of likely N-dealkylation sites (tertiary alicyclic amines) is 1. The van der Waals surface area contributed by atoms with Crippen LogP contribution < -0.4 is 0 Å². The number of nitriles is 1. The van der Waals surface area contributed by atoms with Crippen LogP contribution in [0.1, 0.15) is 33.9 Å². The zero-order valence-electron chi connectivity index (χ0n) is 13.3. The monoisotopic (exact) mass is 342 g/mol. The maximum Gasteiger partial charge on any atom is 0.254 e. The predicted molar refractivity (Wildman–Crippen MR) is 86.5 cm³/mol. The molecule has 1 aliphatic rings. The highest BCUT2D eigenvalue weighted by molar-refractivity contribution is 5.95. The third kappa shape index (κ3) is 3.52. The first kappa shape index (κ1) is 17.1. The summed E-state index contributed by atoms with van der Waals surface area (Å²) in [6, 6.07) is 11.0. The number of hydrogen-bond donors (Lipinski definition) is 1. The summed E-state index contributed by atoms with van der Waals surface area (Å²) in [6.45, 7) is 0.0436. The molecular formula is C19H16F2N2O2. The van der Waals surface area contributed by atoms with E-state index in [-0.39, 0.29) is 30.9 Å². The average Bonchev–Trinajstić information content (AvgIpc) is 2.98. The molecule has 6 heteroatoms. The highest BCUT2D eigenvalue weighted by atomic mass is 19.1. The van der Waals surface area contributed by atoms with Crippen molar-refractivity contribution in [3.8, 4) is 6.07 Å². The number of aliphatic hydroxyl groups is 1. The summed E-state index contributed by atoms with van der Waals surface area (Å²) >= 11 is 0. The van der Waals surface area contributed by atoms with Crippen LogP contribution in [0.5, 0.6) is 0 Å². The van der Waals surface area contributed by atoms with Gasteiger partial charge in [0.25, 0.3) is 5.91 Å². The molecule has 1 heterocycles. The lowest BCUT2D eigenvalue weighted by atomic mass is 10.0. The van der Waals surface area contributed by atoms with Crippen LogP contribution in [-0.2, 0) is 6.42 Å². The van der Waals surface area contributed by atoms with Crippen LogP contribution in [0.25, 0.3) is 0 Å². The Bertz CT molecular complexity index is 848. The first-order chi connectivity index (χ1) is 12.0. The Hall–Kier alpha value is -2.78. The molecule has 25 heavy (non-hydrogen) atoms. The molecule has 0 radical (unpaired) electrons. The van der Waals surface area contributed by atoms with E-state index in [1.54, 1.807) is 24.3 Å². The first-order valence-electron chi connectivity index (χ1n) is 7.89. The maximum absolute atomic E-state index is 14.1. The molecule has 1 amide bonds.